The Labute approximate surface area is 164 Å². The standard InChI is InChI=1S/C21H26FN3O3/c1-14-3-4-16(11-23-14)13-28-17-5-6-25(15(2)9-17)12-19-18(22)10-20-21(24-19)27-8-7-26-20/h3-4,10-11,15,17H,5-9,12-13H2,1-2H3/t15-,17-/m0/s1. The first-order valence-corrected chi connectivity index (χ1v) is 9.80. The monoisotopic (exact) mass is 387 g/mol. The molecule has 2 aliphatic heterocycles. The second-order valence-corrected chi connectivity index (χ2v) is 7.50. The molecule has 1 fully saturated rings. The zero-order chi connectivity index (χ0) is 19.5. The van der Waals surface area contributed by atoms with Gasteiger partial charge in [0.2, 0.25) is 0 Å². The highest BCUT2D eigenvalue weighted by Crippen LogP contribution is 2.31. The van der Waals surface area contributed by atoms with Crippen molar-refractivity contribution in [2.75, 3.05) is 19.8 Å². The summed E-state index contributed by atoms with van der Waals surface area (Å²) in [6, 6.07) is 5.72. The van der Waals surface area contributed by atoms with Gasteiger partial charge in [-0.3, -0.25) is 9.88 Å². The smallest absolute Gasteiger partial charge is 0.257 e. The molecule has 0 bridgehead atoms. The zero-order valence-corrected chi connectivity index (χ0v) is 16.4. The number of halogens is 1. The van der Waals surface area contributed by atoms with Crippen LogP contribution in [0.2, 0.25) is 0 Å². The van der Waals surface area contributed by atoms with Crippen LogP contribution < -0.4 is 9.47 Å². The summed E-state index contributed by atoms with van der Waals surface area (Å²) in [7, 11) is 0. The second-order valence-electron chi connectivity index (χ2n) is 7.50. The molecule has 0 aliphatic carbocycles. The fourth-order valence-corrected chi connectivity index (χ4v) is 3.65. The average molecular weight is 387 g/mol. The minimum Gasteiger partial charge on any atom is -0.484 e. The lowest BCUT2D eigenvalue weighted by atomic mass is 10.00. The Morgan fingerprint density at radius 1 is 1.29 bits per heavy atom. The molecule has 0 radical (unpaired) electrons. The van der Waals surface area contributed by atoms with E-state index in [0.717, 1.165) is 30.6 Å². The lowest BCUT2D eigenvalue weighted by Crippen LogP contribution is -2.43. The topological polar surface area (TPSA) is 56.7 Å². The molecule has 2 aliphatic rings. The van der Waals surface area contributed by atoms with Crippen molar-refractivity contribution in [3.63, 3.8) is 0 Å². The molecule has 4 heterocycles. The first-order valence-electron chi connectivity index (χ1n) is 9.80. The van der Waals surface area contributed by atoms with Crippen LogP contribution in [0.1, 0.15) is 36.7 Å². The van der Waals surface area contributed by atoms with E-state index >= 15 is 0 Å². The van der Waals surface area contributed by atoms with Crippen molar-refractivity contribution in [1.82, 2.24) is 14.9 Å². The molecule has 0 aromatic carbocycles. The van der Waals surface area contributed by atoms with Crippen molar-refractivity contribution in [3.05, 3.63) is 47.2 Å². The maximum absolute atomic E-state index is 14.4. The highest BCUT2D eigenvalue weighted by molar-refractivity contribution is 5.36. The molecule has 0 saturated carbocycles. The summed E-state index contributed by atoms with van der Waals surface area (Å²) in [4.78, 5) is 10.9. The van der Waals surface area contributed by atoms with Crippen LogP contribution >= 0.6 is 0 Å². The molecule has 2 aromatic rings. The maximum Gasteiger partial charge on any atom is 0.257 e. The molecule has 4 rings (SSSR count). The SMILES string of the molecule is Cc1ccc(CO[C@H]2CCN(Cc3nc4c(cc3F)OCCO4)[C@@H](C)C2)cn1. The molecular formula is C21H26FN3O3. The molecular weight excluding hydrogens is 361 g/mol. The van der Waals surface area contributed by atoms with Crippen LogP contribution in [0.3, 0.4) is 0 Å². The number of ether oxygens (including phenoxy) is 3. The Morgan fingerprint density at radius 3 is 2.93 bits per heavy atom. The van der Waals surface area contributed by atoms with Gasteiger partial charge in [-0.15, -0.1) is 0 Å². The van der Waals surface area contributed by atoms with Crippen LogP contribution in [0.25, 0.3) is 0 Å². The van der Waals surface area contributed by atoms with Gasteiger partial charge in [-0.25, -0.2) is 9.37 Å². The van der Waals surface area contributed by atoms with Gasteiger partial charge in [0.15, 0.2) is 5.75 Å². The largest absolute Gasteiger partial charge is 0.484 e. The van der Waals surface area contributed by atoms with Crippen LogP contribution in [0, 0.1) is 12.7 Å². The molecule has 0 spiro atoms. The molecule has 0 unspecified atom stereocenters. The van der Waals surface area contributed by atoms with Gasteiger partial charge in [0.1, 0.15) is 19.0 Å². The normalized spacial score (nSPS) is 22.2. The molecule has 1 saturated heterocycles. The summed E-state index contributed by atoms with van der Waals surface area (Å²) in [5.74, 6) is 0.431. The summed E-state index contributed by atoms with van der Waals surface area (Å²) in [6.45, 7) is 6.87. The van der Waals surface area contributed by atoms with Crippen molar-refractivity contribution < 1.29 is 18.6 Å². The van der Waals surface area contributed by atoms with Gasteiger partial charge in [0.05, 0.1) is 18.4 Å². The van der Waals surface area contributed by atoms with Gasteiger partial charge in [-0.05, 0) is 38.3 Å². The van der Waals surface area contributed by atoms with Gasteiger partial charge in [0.25, 0.3) is 5.88 Å². The van der Waals surface area contributed by atoms with Gasteiger partial charge in [-0.2, -0.15) is 0 Å². The third-order valence-electron chi connectivity index (χ3n) is 5.34. The van der Waals surface area contributed by atoms with E-state index in [1.165, 1.54) is 6.07 Å². The molecule has 0 N–H and O–H groups in total. The number of hydrogen-bond donors (Lipinski definition) is 0. The number of likely N-dealkylation sites (tertiary alicyclic amines) is 1. The minimum absolute atomic E-state index is 0.200. The van der Waals surface area contributed by atoms with E-state index < -0.39 is 0 Å². The van der Waals surface area contributed by atoms with Crippen molar-refractivity contribution in [2.24, 2.45) is 0 Å². The maximum atomic E-state index is 14.4. The highest BCUT2D eigenvalue weighted by Gasteiger charge is 2.28. The second kappa shape index (κ2) is 8.41. The lowest BCUT2D eigenvalue weighted by Gasteiger charge is -2.37. The Balaban J connectivity index is 1.32. The molecule has 7 heteroatoms. The summed E-state index contributed by atoms with van der Waals surface area (Å²) in [6.07, 6.45) is 3.89. The van der Waals surface area contributed by atoms with Gasteiger partial charge in [-0.1, -0.05) is 6.07 Å². The van der Waals surface area contributed by atoms with Crippen LogP contribution in [0.15, 0.2) is 24.4 Å². The average Bonchev–Trinajstić information content (AvgIpc) is 2.70. The Bertz CT molecular complexity index is 815. The van der Waals surface area contributed by atoms with Crippen molar-refractivity contribution >= 4 is 0 Å². The number of aryl methyl sites for hydroxylation is 1. The minimum atomic E-state index is -0.346. The summed E-state index contributed by atoms with van der Waals surface area (Å²) < 4.78 is 31.4. The molecule has 2 atom stereocenters. The van der Waals surface area contributed by atoms with Crippen LogP contribution in [0.5, 0.6) is 11.6 Å². The van der Waals surface area contributed by atoms with Gasteiger partial charge >= 0.3 is 0 Å². The fraction of sp³-hybridized carbons (Fsp3) is 0.524. The van der Waals surface area contributed by atoms with E-state index in [1.807, 2.05) is 19.2 Å². The molecule has 28 heavy (non-hydrogen) atoms. The predicted octanol–water partition coefficient (Wildman–Crippen LogP) is 3.27. The fourth-order valence-electron chi connectivity index (χ4n) is 3.65. The molecule has 150 valence electrons. The quantitative estimate of drug-likeness (QED) is 0.785. The predicted molar refractivity (Wildman–Crippen MR) is 102 cm³/mol. The van der Waals surface area contributed by atoms with E-state index in [9.17, 15) is 4.39 Å². The Kier molecular flexibility index (Phi) is 5.73. The number of hydrogen-bond acceptors (Lipinski definition) is 6. The lowest BCUT2D eigenvalue weighted by molar-refractivity contribution is -0.0232. The number of fused-ring (bicyclic) bond motifs is 1. The Hall–Kier alpha value is -2.25. The first kappa shape index (κ1) is 19.1. The van der Waals surface area contributed by atoms with E-state index in [-0.39, 0.29) is 18.0 Å². The zero-order valence-electron chi connectivity index (χ0n) is 16.4. The number of piperidine rings is 1. The third kappa shape index (κ3) is 4.42. The van der Waals surface area contributed by atoms with E-state index in [4.69, 9.17) is 14.2 Å². The number of aromatic nitrogens is 2. The summed E-state index contributed by atoms with van der Waals surface area (Å²) in [5.41, 5.74) is 2.50. The molecule has 0 amide bonds. The van der Waals surface area contributed by atoms with Crippen LogP contribution in [-0.2, 0) is 17.9 Å². The first-order chi connectivity index (χ1) is 13.6. The number of rotatable bonds is 5. The highest BCUT2D eigenvalue weighted by atomic mass is 19.1. The van der Waals surface area contributed by atoms with E-state index in [2.05, 4.69) is 27.9 Å². The van der Waals surface area contributed by atoms with Crippen LogP contribution in [-0.4, -0.2) is 46.8 Å². The molecule has 2 aromatic heterocycles. The number of nitrogens with zero attached hydrogens (tertiary/aromatic N) is 3. The van der Waals surface area contributed by atoms with Crippen molar-refractivity contribution in [3.8, 4) is 11.6 Å². The third-order valence-corrected chi connectivity index (χ3v) is 5.34. The summed E-state index contributed by atoms with van der Waals surface area (Å²) in [5, 5.41) is 0. The van der Waals surface area contributed by atoms with E-state index in [1.54, 1.807) is 0 Å². The van der Waals surface area contributed by atoms with Crippen LogP contribution in [0.4, 0.5) is 4.39 Å². The van der Waals surface area contributed by atoms with E-state index in [0.29, 0.717) is 43.7 Å². The van der Waals surface area contributed by atoms with Gasteiger partial charge in [0, 0.05) is 37.1 Å². The van der Waals surface area contributed by atoms with Crippen molar-refractivity contribution in [2.45, 2.75) is 52.0 Å². The van der Waals surface area contributed by atoms with Crippen molar-refractivity contribution in [1.29, 1.82) is 0 Å². The number of pyridine rings is 2. The summed E-state index contributed by atoms with van der Waals surface area (Å²) >= 11 is 0. The van der Waals surface area contributed by atoms with Gasteiger partial charge < -0.3 is 14.2 Å². The molecule has 6 nitrogen and oxygen atoms in total. The Morgan fingerprint density at radius 2 is 2.14 bits per heavy atom.